The summed E-state index contributed by atoms with van der Waals surface area (Å²) in [4.78, 5) is 0. The van der Waals surface area contributed by atoms with Crippen LogP contribution in [0.3, 0.4) is 0 Å². The van der Waals surface area contributed by atoms with Crippen LogP contribution in [0.15, 0.2) is 24.3 Å². The number of hydrogen-bond acceptors (Lipinski definition) is 0. The van der Waals surface area contributed by atoms with Gasteiger partial charge in [-0.05, 0) is 0 Å². The normalized spacial score (nSPS) is 10.5. The number of halogens is 3. The van der Waals surface area contributed by atoms with E-state index in [1.165, 1.54) is 18.2 Å². The van der Waals surface area contributed by atoms with Crippen molar-refractivity contribution in [1.82, 2.24) is 0 Å². The third kappa shape index (κ3) is 3.27. The maximum Gasteiger partial charge on any atom is 1.00 e. The Morgan fingerprint density at radius 2 is 1.82 bits per heavy atom. The minimum absolute atomic E-state index is 0. The van der Waals surface area contributed by atoms with Gasteiger partial charge in [-0.1, -0.05) is 5.56 Å². The first-order valence-electron chi connectivity index (χ1n) is 2.64. The summed E-state index contributed by atoms with van der Waals surface area (Å²) in [6, 6.07) is 7.14. The Morgan fingerprint density at radius 3 is 2.09 bits per heavy atom. The van der Waals surface area contributed by atoms with Crippen molar-refractivity contribution >= 4 is 0 Å². The van der Waals surface area contributed by atoms with Crippen LogP contribution in [0.5, 0.6) is 0 Å². The summed E-state index contributed by atoms with van der Waals surface area (Å²) in [7, 11) is 0. The first kappa shape index (κ1) is 11.0. The molecule has 1 rings (SSSR count). The van der Waals surface area contributed by atoms with Crippen molar-refractivity contribution < 1.29 is 42.7 Å². The number of hydrogen-bond donors (Lipinski definition) is 0. The summed E-state index contributed by atoms with van der Waals surface area (Å²) in [5, 5.41) is 0. The second kappa shape index (κ2) is 4.14. The Bertz CT molecular complexity index is 205. The summed E-state index contributed by atoms with van der Waals surface area (Å²) >= 11 is 0. The summed E-state index contributed by atoms with van der Waals surface area (Å²) < 4.78 is 35.3. The average Bonchev–Trinajstić information content (AvgIpc) is 1.88. The van der Waals surface area contributed by atoms with Crippen molar-refractivity contribution in [1.29, 1.82) is 0 Å². The average molecular weight is 168 g/mol. The molecule has 0 bridgehead atoms. The van der Waals surface area contributed by atoms with Gasteiger partial charge >= 0.3 is 35.7 Å². The SMILES string of the molecule is FC(F)(F)c1[c-]cccc1.[Na+]. The molecule has 0 unspecified atom stereocenters. The molecule has 11 heavy (non-hydrogen) atoms. The number of rotatable bonds is 0. The van der Waals surface area contributed by atoms with Crippen LogP contribution in [-0.4, -0.2) is 0 Å². The summed E-state index contributed by atoms with van der Waals surface area (Å²) in [6.07, 6.45) is -4.26. The smallest absolute Gasteiger partial charge is 0.176 e. The quantitative estimate of drug-likeness (QED) is 0.362. The Labute approximate surface area is 84.7 Å². The van der Waals surface area contributed by atoms with Crippen LogP contribution in [0, 0.1) is 6.07 Å². The van der Waals surface area contributed by atoms with Gasteiger partial charge in [-0.25, -0.2) is 0 Å². The molecule has 0 aliphatic heterocycles. The molecule has 54 valence electrons. The van der Waals surface area contributed by atoms with E-state index in [0.717, 1.165) is 6.07 Å². The Kier molecular flexibility index (Phi) is 4.14. The van der Waals surface area contributed by atoms with E-state index in [2.05, 4.69) is 6.07 Å². The van der Waals surface area contributed by atoms with Crippen LogP contribution in [0.4, 0.5) is 13.2 Å². The van der Waals surface area contributed by atoms with Crippen LogP contribution in [-0.2, 0) is 6.18 Å². The van der Waals surface area contributed by atoms with E-state index in [0.29, 0.717) is 0 Å². The van der Waals surface area contributed by atoms with Gasteiger partial charge in [0, 0.05) is 0 Å². The number of alkyl halides is 3. The van der Waals surface area contributed by atoms with E-state index in [1.807, 2.05) is 0 Å². The third-order valence-electron chi connectivity index (χ3n) is 1.01. The van der Waals surface area contributed by atoms with Crippen molar-refractivity contribution in [2.24, 2.45) is 0 Å². The minimum atomic E-state index is -4.26. The maximum absolute atomic E-state index is 11.8. The molecule has 0 saturated carbocycles. The van der Waals surface area contributed by atoms with Crippen molar-refractivity contribution in [3.63, 3.8) is 0 Å². The molecule has 0 spiro atoms. The first-order chi connectivity index (χ1) is 4.61. The molecule has 0 aliphatic rings. The summed E-state index contributed by atoms with van der Waals surface area (Å²) in [6.45, 7) is 0. The Morgan fingerprint density at radius 1 is 1.18 bits per heavy atom. The van der Waals surface area contributed by atoms with Crippen molar-refractivity contribution in [3.05, 3.63) is 35.9 Å². The van der Waals surface area contributed by atoms with E-state index >= 15 is 0 Å². The topological polar surface area (TPSA) is 0 Å². The van der Waals surface area contributed by atoms with E-state index in [4.69, 9.17) is 0 Å². The molecule has 0 radical (unpaired) electrons. The maximum atomic E-state index is 11.8. The predicted molar refractivity (Wildman–Crippen MR) is 30.3 cm³/mol. The first-order valence-corrected chi connectivity index (χ1v) is 2.64. The molecule has 0 N–H and O–H groups in total. The fourth-order valence-electron chi connectivity index (χ4n) is 0.570. The molecule has 1 aromatic rings. The van der Waals surface area contributed by atoms with Gasteiger partial charge in [-0.3, -0.25) is 0 Å². The van der Waals surface area contributed by atoms with Gasteiger partial charge in [-0.15, -0.1) is 0 Å². The number of benzene rings is 1. The van der Waals surface area contributed by atoms with Crippen LogP contribution in [0.1, 0.15) is 5.56 Å². The third-order valence-corrected chi connectivity index (χ3v) is 1.01. The Balaban J connectivity index is 0.000001000. The van der Waals surface area contributed by atoms with Gasteiger partial charge in [0.05, 0.1) is 0 Å². The molecule has 0 amide bonds. The second-order valence-corrected chi connectivity index (χ2v) is 1.77. The zero-order valence-corrected chi connectivity index (χ0v) is 7.94. The molecule has 0 atom stereocenters. The van der Waals surface area contributed by atoms with Crippen molar-refractivity contribution in [2.75, 3.05) is 0 Å². The predicted octanol–water partition coefficient (Wildman–Crippen LogP) is -0.490. The Hall–Kier alpha value is 0.01000. The van der Waals surface area contributed by atoms with Crippen molar-refractivity contribution in [3.8, 4) is 0 Å². The van der Waals surface area contributed by atoms with Crippen molar-refractivity contribution in [2.45, 2.75) is 6.18 Å². The molecule has 0 aliphatic carbocycles. The molecule has 1 aromatic carbocycles. The molecule has 0 aromatic heterocycles. The van der Waals surface area contributed by atoms with Gasteiger partial charge < -0.3 is 0 Å². The van der Waals surface area contributed by atoms with E-state index < -0.39 is 11.7 Å². The zero-order valence-electron chi connectivity index (χ0n) is 5.94. The van der Waals surface area contributed by atoms with Gasteiger partial charge in [0.25, 0.3) is 0 Å². The van der Waals surface area contributed by atoms with Gasteiger partial charge in [0.1, 0.15) is 0 Å². The fourth-order valence-corrected chi connectivity index (χ4v) is 0.570. The van der Waals surface area contributed by atoms with E-state index in [-0.39, 0.29) is 29.6 Å². The summed E-state index contributed by atoms with van der Waals surface area (Å²) in [5.41, 5.74) is -0.727. The molecule has 0 saturated heterocycles. The zero-order chi connectivity index (χ0) is 7.61. The molecule has 0 fully saturated rings. The largest absolute Gasteiger partial charge is 1.00 e. The monoisotopic (exact) mass is 168 g/mol. The standard InChI is InChI=1S/C7H4F3.Na/c8-7(9,10)6-4-2-1-3-5-6;/h1-4H;/q-1;+1. The molecule has 4 heteroatoms. The van der Waals surface area contributed by atoms with Crippen LogP contribution < -0.4 is 29.6 Å². The van der Waals surface area contributed by atoms with Gasteiger partial charge in [0.15, 0.2) is 0 Å². The van der Waals surface area contributed by atoms with Crippen LogP contribution >= 0.6 is 0 Å². The van der Waals surface area contributed by atoms with Gasteiger partial charge in [0.2, 0.25) is 0 Å². The molecular formula is C7H4F3Na. The van der Waals surface area contributed by atoms with Crippen LogP contribution in [0.25, 0.3) is 0 Å². The molecule has 0 nitrogen and oxygen atoms in total. The van der Waals surface area contributed by atoms with Gasteiger partial charge in [-0.2, -0.15) is 43.5 Å². The minimum Gasteiger partial charge on any atom is -0.176 e. The molecular weight excluding hydrogens is 164 g/mol. The van der Waals surface area contributed by atoms with Crippen LogP contribution in [0.2, 0.25) is 0 Å². The molecule has 0 heterocycles. The fraction of sp³-hybridized carbons (Fsp3) is 0.143. The second-order valence-electron chi connectivity index (χ2n) is 1.77. The van der Waals surface area contributed by atoms with E-state index in [9.17, 15) is 13.2 Å². The van der Waals surface area contributed by atoms with E-state index in [1.54, 1.807) is 0 Å². The summed E-state index contributed by atoms with van der Waals surface area (Å²) in [5.74, 6) is 0.